The number of halogens is 1. The Balaban J connectivity index is 1.95. The van der Waals surface area contributed by atoms with E-state index in [0.717, 1.165) is 16.9 Å². The highest BCUT2D eigenvalue weighted by Gasteiger charge is 2.10. The summed E-state index contributed by atoms with van der Waals surface area (Å²) in [6.07, 6.45) is 0. The summed E-state index contributed by atoms with van der Waals surface area (Å²) in [5.74, 6) is 1.02. The molecule has 0 radical (unpaired) electrons. The van der Waals surface area contributed by atoms with Crippen molar-refractivity contribution in [2.24, 2.45) is 0 Å². The number of benzene rings is 2. The summed E-state index contributed by atoms with van der Waals surface area (Å²) in [7, 11) is 1.59. The van der Waals surface area contributed by atoms with Gasteiger partial charge in [-0.1, -0.05) is 17.7 Å². The van der Waals surface area contributed by atoms with E-state index in [1.54, 1.807) is 31.4 Å². The SMILES string of the molecule is COc1ccc(NC(=O)COc2c(C)cc(C)cc2Cl)cc1. The van der Waals surface area contributed by atoms with Gasteiger partial charge in [-0.05, 0) is 55.3 Å². The molecule has 116 valence electrons. The van der Waals surface area contributed by atoms with Gasteiger partial charge in [0.25, 0.3) is 5.91 Å². The van der Waals surface area contributed by atoms with Gasteiger partial charge < -0.3 is 14.8 Å². The third kappa shape index (κ3) is 4.15. The third-order valence-corrected chi connectivity index (χ3v) is 3.38. The zero-order chi connectivity index (χ0) is 16.1. The van der Waals surface area contributed by atoms with E-state index in [2.05, 4.69) is 5.32 Å². The molecule has 0 bridgehead atoms. The molecule has 0 aliphatic heterocycles. The first-order valence-electron chi connectivity index (χ1n) is 6.83. The van der Waals surface area contributed by atoms with Gasteiger partial charge in [-0.15, -0.1) is 0 Å². The maximum absolute atomic E-state index is 11.9. The lowest BCUT2D eigenvalue weighted by Gasteiger charge is -2.12. The lowest BCUT2D eigenvalue weighted by molar-refractivity contribution is -0.118. The molecule has 2 rings (SSSR count). The molecule has 2 aromatic carbocycles. The summed E-state index contributed by atoms with van der Waals surface area (Å²) in [6, 6.07) is 10.9. The van der Waals surface area contributed by atoms with E-state index in [4.69, 9.17) is 21.1 Å². The molecule has 4 nitrogen and oxygen atoms in total. The summed E-state index contributed by atoms with van der Waals surface area (Å²) in [4.78, 5) is 11.9. The van der Waals surface area contributed by atoms with Gasteiger partial charge in [0.2, 0.25) is 0 Å². The largest absolute Gasteiger partial charge is 0.497 e. The minimum absolute atomic E-state index is 0.102. The van der Waals surface area contributed by atoms with Crippen LogP contribution in [0.2, 0.25) is 5.02 Å². The smallest absolute Gasteiger partial charge is 0.262 e. The zero-order valence-electron chi connectivity index (χ0n) is 12.8. The van der Waals surface area contributed by atoms with Crippen LogP contribution in [0.5, 0.6) is 11.5 Å². The van der Waals surface area contributed by atoms with Crippen molar-refractivity contribution in [2.75, 3.05) is 19.0 Å². The van der Waals surface area contributed by atoms with Crippen LogP contribution in [0.15, 0.2) is 36.4 Å². The summed E-state index contributed by atoms with van der Waals surface area (Å²) >= 11 is 6.14. The fourth-order valence-corrected chi connectivity index (χ4v) is 2.47. The molecule has 0 saturated carbocycles. The molecule has 0 saturated heterocycles. The zero-order valence-corrected chi connectivity index (χ0v) is 13.5. The molecule has 1 N–H and O–H groups in total. The second-order valence-electron chi connectivity index (χ2n) is 4.96. The van der Waals surface area contributed by atoms with Crippen molar-refractivity contribution in [3.05, 3.63) is 52.5 Å². The van der Waals surface area contributed by atoms with E-state index in [9.17, 15) is 4.79 Å². The molecule has 0 heterocycles. The Morgan fingerprint density at radius 2 is 1.86 bits per heavy atom. The van der Waals surface area contributed by atoms with Crippen LogP contribution in [0.3, 0.4) is 0 Å². The highest BCUT2D eigenvalue weighted by molar-refractivity contribution is 6.32. The van der Waals surface area contributed by atoms with Gasteiger partial charge in [0, 0.05) is 5.69 Å². The van der Waals surface area contributed by atoms with Gasteiger partial charge in [0.05, 0.1) is 12.1 Å². The number of anilines is 1. The van der Waals surface area contributed by atoms with E-state index in [-0.39, 0.29) is 12.5 Å². The Hall–Kier alpha value is -2.20. The van der Waals surface area contributed by atoms with E-state index in [1.165, 1.54) is 0 Å². The number of rotatable bonds is 5. The number of carbonyl (C=O) groups is 1. The van der Waals surface area contributed by atoms with E-state index in [0.29, 0.717) is 16.5 Å². The fraction of sp³-hybridized carbons (Fsp3) is 0.235. The van der Waals surface area contributed by atoms with Crippen LogP contribution in [-0.4, -0.2) is 19.6 Å². The van der Waals surface area contributed by atoms with Crippen LogP contribution in [0.1, 0.15) is 11.1 Å². The number of aryl methyl sites for hydroxylation is 2. The average molecular weight is 320 g/mol. The van der Waals surface area contributed by atoms with Crippen molar-refractivity contribution in [1.29, 1.82) is 0 Å². The molecule has 0 fully saturated rings. The van der Waals surface area contributed by atoms with Crippen molar-refractivity contribution in [3.8, 4) is 11.5 Å². The Morgan fingerprint density at radius 1 is 1.18 bits per heavy atom. The van der Waals surface area contributed by atoms with Crippen LogP contribution in [-0.2, 0) is 4.79 Å². The Morgan fingerprint density at radius 3 is 2.45 bits per heavy atom. The topological polar surface area (TPSA) is 47.6 Å². The fourth-order valence-electron chi connectivity index (χ4n) is 2.09. The van der Waals surface area contributed by atoms with Gasteiger partial charge in [0.1, 0.15) is 11.5 Å². The molecule has 5 heteroatoms. The first-order valence-corrected chi connectivity index (χ1v) is 7.21. The Kier molecular flexibility index (Phi) is 5.28. The van der Waals surface area contributed by atoms with Gasteiger partial charge in [-0.3, -0.25) is 4.79 Å². The third-order valence-electron chi connectivity index (χ3n) is 3.10. The predicted octanol–water partition coefficient (Wildman–Crippen LogP) is 3.98. The first-order chi connectivity index (χ1) is 10.5. The molecule has 0 aromatic heterocycles. The van der Waals surface area contributed by atoms with Crippen LogP contribution in [0.25, 0.3) is 0 Å². The molecule has 1 amide bonds. The number of hydrogen-bond acceptors (Lipinski definition) is 3. The van der Waals surface area contributed by atoms with Crippen molar-refractivity contribution in [1.82, 2.24) is 0 Å². The molecule has 0 atom stereocenters. The van der Waals surface area contributed by atoms with Crippen LogP contribution in [0.4, 0.5) is 5.69 Å². The summed E-state index contributed by atoms with van der Waals surface area (Å²) in [5, 5.41) is 3.26. The van der Waals surface area contributed by atoms with Crippen LogP contribution < -0.4 is 14.8 Å². The van der Waals surface area contributed by atoms with Crippen molar-refractivity contribution < 1.29 is 14.3 Å². The molecule has 22 heavy (non-hydrogen) atoms. The molecular weight excluding hydrogens is 302 g/mol. The van der Waals surface area contributed by atoms with Crippen LogP contribution >= 0.6 is 11.6 Å². The molecule has 2 aromatic rings. The second kappa shape index (κ2) is 7.18. The maximum atomic E-state index is 11.9. The van der Waals surface area contributed by atoms with E-state index < -0.39 is 0 Å². The van der Waals surface area contributed by atoms with Gasteiger partial charge >= 0.3 is 0 Å². The van der Waals surface area contributed by atoms with Gasteiger partial charge in [-0.2, -0.15) is 0 Å². The lowest BCUT2D eigenvalue weighted by atomic mass is 10.1. The minimum Gasteiger partial charge on any atom is -0.497 e. The van der Waals surface area contributed by atoms with Crippen LogP contribution in [0, 0.1) is 13.8 Å². The summed E-state index contributed by atoms with van der Waals surface area (Å²) in [5.41, 5.74) is 2.64. The first kappa shape index (κ1) is 16.2. The summed E-state index contributed by atoms with van der Waals surface area (Å²) < 4.78 is 10.6. The highest BCUT2D eigenvalue weighted by atomic mass is 35.5. The van der Waals surface area contributed by atoms with Gasteiger partial charge in [0.15, 0.2) is 6.61 Å². The number of nitrogens with one attached hydrogen (secondary N) is 1. The predicted molar refractivity (Wildman–Crippen MR) is 88.0 cm³/mol. The number of amides is 1. The second-order valence-corrected chi connectivity index (χ2v) is 5.37. The summed E-state index contributed by atoms with van der Waals surface area (Å²) in [6.45, 7) is 3.75. The normalized spacial score (nSPS) is 10.2. The van der Waals surface area contributed by atoms with Crippen molar-refractivity contribution in [2.45, 2.75) is 13.8 Å². The number of ether oxygens (including phenoxy) is 2. The lowest BCUT2D eigenvalue weighted by Crippen LogP contribution is -2.20. The monoisotopic (exact) mass is 319 g/mol. The standard InChI is InChI=1S/C17H18ClNO3/c1-11-8-12(2)17(15(18)9-11)22-10-16(20)19-13-4-6-14(21-3)7-5-13/h4-9H,10H2,1-3H3,(H,19,20). The quantitative estimate of drug-likeness (QED) is 0.906. The average Bonchev–Trinajstić information content (AvgIpc) is 2.47. The van der Waals surface area contributed by atoms with Crippen molar-refractivity contribution >= 4 is 23.2 Å². The van der Waals surface area contributed by atoms with E-state index >= 15 is 0 Å². The minimum atomic E-state index is -0.249. The molecular formula is C17H18ClNO3. The molecule has 0 spiro atoms. The number of carbonyl (C=O) groups excluding carboxylic acids is 1. The molecule has 0 aliphatic rings. The number of hydrogen-bond donors (Lipinski definition) is 1. The Labute approximate surface area is 135 Å². The molecule has 0 unspecified atom stereocenters. The van der Waals surface area contributed by atoms with Crippen molar-refractivity contribution in [3.63, 3.8) is 0 Å². The maximum Gasteiger partial charge on any atom is 0.262 e. The van der Waals surface area contributed by atoms with Gasteiger partial charge in [-0.25, -0.2) is 0 Å². The molecule has 0 aliphatic carbocycles. The number of methoxy groups -OCH3 is 1. The Bertz CT molecular complexity index is 645. The highest BCUT2D eigenvalue weighted by Crippen LogP contribution is 2.29. The van der Waals surface area contributed by atoms with E-state index in [1.807, 2.05) is 26.0 Å².